The number of H-pyrrole nitrogens is 1. The number of carboxylic acids is 1. The molecule has 5 heteroatoms. The Kier molecular flexibility index (Phi) is 4.43. The molecule has 3 heterocycles. The van der Waals surface area contributed by atoms with E-state index in [0.717, 1.165) is 56.5 Å². The molecule has 2 aromatic rings. The van der Waals surface area contributed by atoms with E-state index in [0.29, 0.717) is 6.04 Å². The summed E-state index contributed by atoms with van der Waals surface area (Å²) in [6.07, 6.45) is 5.32. The molecule has 5 nitrogen and oxygen atoms in total. The van der Waals surface area contributed by atoms with Crippen LogP contribution in [0.2, 0.25) is 0 Å². The second-order valence-corrected chi connectivity index (χ2v) is 7.83. The Hall–Kier alpha value is -2.01. The Bertz CT molecular complexity index is 828. The lowest BCUT2D eigenvalue weighted by Crippen LogP contribution is -2.49. The van der Waals surface area contributed by atoms with E-state index in [-0.39, 0.29) is 11.8 Å². The maximum absolute atomic E-state index is 11.3. The van der Waals surface area contributed by atoms with Gasteiger partial charge in [-0.25, -0.2) is 0 Å². The Morgan fingerprint density at radius 3 is 3.00 bits per heavy atom. The molecule has 0 spiro atoms. The highest BCUT2D eigenvalue weighted by molar-refractivity contribution is 5.86. The van der Waals surface area contributed by atoms with Gasteiger partial charge in [0.2, 0.25) is 0 Å². The third-order valence-electron chi connectivity index (χ3n) is 6.67. The van der Waals surface area contributed by atoms with Crippen LogP contribution in [0.25, 0.3) is 10.9 Å². The van der Waals surface area contributed by atoms with E-state index in [1.807, 2.05) is 6.07 Å². The van der Waals surface area contributed by atoms with E-state index in [9.17, 15) is 9.90 Å². The molecule has 2 unspecified atom stereocenters. The van der Waals surface area contributed by atoms with Crippen LogP contribution in [0.15, 0.2) is 18.2 Å². The van der Waals surface area contributed by atoms with Crippen LogP contribution in [-0.4, -0.2) is 41.2 Å². The number of nitrogens with one attached hydrogen (secondary N) is 1. The van der Waals surface area contributed by atoms with E-state index in [4.69, 9.17) is 4.74 Å². The number of nitrogens with zero attached hydrogens (tertiary/aromatic N) is 1. The lowest BCUT2D eigenvalue weighted by Gasteiger charge is -2.52. The van der Waals surface area contributed by atoms with Gasteiger partial charge >= 0.3 is 5.97 Å². The lowest BCUT2D eigenvalue weighted by molar-refractivity contribution is -0.138. The topological polar surface area (TPSA) is 65.6 Å². The van der Waals surface area contributed by atoms with Gasteiger partial charge in [0, 0.05) is 29.6 Å². The second-order valence-electron chi connectivity index (χ2n) is 7.83. The summed E-state index contributed by atoms with van der Waals surface area (Å²) in [6, 6.07) is 6.53. The number of carbonyl (C=O) groups is 1. The van der Waals surface area contributed by atoms with Gasteiger partial charge in [-0.2, -0.15) is 0 Å². The van der Waals surface area contributed by atoms with Crippen LogP contribution < -0.4 is 4.74 Å². The van der Waals surface area contributed by atoms with Crippen LogP contribution >= 0.6 is 0 Å². The van der Waals surface area contributed by atoms with Gasteiger partial charge in [-0.1, -0.05) is 6.92 Å². The largest absolute Gasteiger partial charge is 0.497 e. The molecule has 0 aliphatic carbocycles. The number of methoxy groups -OCH3 is 1. The molecular formula is C21H28N2O3. The van der Waals surface area contributed by atoms with Crippen LogP contribution in [0.1, 0.15) is 56.3 Å². The Balaban J connectivity index is 1.81. The van der Waals surface area contributed by atoms with Crippen LogP contribution in [0.3, 0.4) is 0 Å². The molecule has 26 heavy (non-hydrogen) atoms. The number of aliphatic carboxylic acids is 1. The summed E-state index contributed by atoms with van der Waals surface area (Å²) in [5, 5.41) is 10.5. The van der Waals surface area contributed by atoms with Crippen molar-refractivity contribution in [1.29, 1.82) is 0 Å². The summed E-state index contributed by atoms with van der Waals surface area (Å²) in [6.45, 7) is 4.39. The molecule has 2 aliphatic heterocycles. The second kappa shape index (κ2) is 6.62. The van der Waals surface area contributed by atoms with E-state index in [1.54, 1.807) is 7.11 Å². The lowest BCUT2D eigenvalue weighted by atomic mass is 9.65. The van der Waals surface area contributed by atoms with Crippen LogP contribution in [0.5, 0.6) is 5.75 Å². The SMILES string of the molecule is CCC1(CCC(=O)O)CCCN2CCc3c([nH]c4ccc(OC)cc34)C21. The van der Waals surface area contributed by atoms with Crippen molar-refractivity contribution in [3.05, 3.63) is 29.5 Å². The first-order valence-electron chi connectivity index (χ1n) is 9.72. The first kappa shape index (κ1) is 17.4. The zero-order valence-corrected chi connectivity index (χ0v) is 15.7. The smallest absolute Gasteiger partial charge is 0.303 e. The third kappa shape index (κ3) is 2.69. The molecule has 0 saturated carbocycles. The van der Waals surface area contributed by atoms with Crippen LogP contribution in [-0.2, 0) is 11.2 Å². The van der Waals surface area contributed by atoms with Crippen molar-refractivity contribution in [2.45, 2.75) is 51.5 Å². The van der Waals surface area contributed by atoms with Crippen molar-refractivity contribution in [2.24, 2.45) is 5.41 Å². The number of hydrogen-bond donors (Lipinski definition) is 2. The van der Waals surface area contributed by atoms with E-state index in [2.05, 4.69) is 28.9 Å². The molecule has 2 N–H and O–H groups in total. The summed E-state index contributed by atoms with van der Waals surface area (Å²) in [7, 11) is 1.71. The number of fused-ring (bicyclic) bond motifs is 5. The van der Waals surface area contributed by atoms with Crippen molar-refractivity contribution in [3.63, 3.8) is 0 Å². The number of piperidine rings is 1. The number of carboxylic acid groups (broad SMARTS) is 1. The van der Waals surface area contributed by atoms with Crippen molar-refractivity contribution in [1.82, 2.24) is 9.88 Å². The molecule has 2 atom stereocenters. The predicted molar refractivity (Wildman–Crippen MR) is 102 cm³/mol. The molecule has 0 amide bonds. The average Bonchev–Trinajstić information content (AvgIpc) is 3.03. The molecule has 1 saturated heterocycles. The molecule has 0 bridgehead atoms. The number of ether oxygens (including phenoxy) is 1. The van der Waals surface area contributed by atoms with Gasteiger partial charge in [0.1, 0.15) is 5.75 Å². The van der Waals surface area contributed by atoms with Gasteiger partial charge < -0.3 is 14.8 Å². The minimum Gasteiger partial charge on any atom is -0.497 e. The number of benzene rings is 1. The summed E-state index contributed by atoms with van der Waals surface area (Å²) >= 11 is 0. The zero-order valence-electron chi connectivity index (χ0n) is 15.7. The standard InChI is InChI=1S/C21H28N2O3/c1-3-21(10-7-18(24)25)9-4-11-23-12-8-15-16-13-14(26-2)5-6-17(16)22-19(15)20(21)23/h5-6,13,20,22H,3-4,7-12H2,1-2H3,(H,24,25). The first-order chi connectivity index (χ1) is 12.6. The molecule has 4 rings (SSSR count). The van der Waals surface area contributed by atoms with Gasteiger partial charge in [-0.3, -0.25) is 9.69 Å². The highest BCUT2D eigenvalue weighted by Gasteiger charge is 2.47. The van der Waals surface area contributed by atoms with Gasteiger partial charge in [-0.05, 0) is 67.8 Å². The molecule has 2 aliphatic rings. The zero-order chi connectivity index (χ0) is 18.3. The predicted octanol–water partition coefficient (Wildman–Crippen LogP) is 4.13. The van der Waals surface area contributed by atoms with Crippen molar-refractivity contribution < 1.29 is 14.6 Å². The monoisotopic (exact) mass is 356 g/mol. The molecule has 1 aromatic carbocycles. The third-order valence-corrected chi connectivity index (χ3v) is 6.67. The summed E-state index contributed by atoms with van der Waals surface area (Å²) < 4.78 is 5.43. The minimum absolute atomic E-state index is 0.0385. The fourth-order valence-corrected chi connectivity index (χ4v) is 5.31. The Morgan fingerprint density at radius 2 is 2.27 bits per heavy atom. The van der Waals surface area contributed by atoms with Crippen LogP contribution in [0, 0.1) is 5.41 Å². The van der Waals surface area contributed by atoms with Crippen molar-refractivity contribution >= 4 is 16.9 Å². The molecule has 1 fully saturated rings. The summed E-state index contributed by atoms with van der Waals surface area (Å²) in [5.41, 5.74) is 3.91. The van der Waals surface area contributed by atoms with Crippen molar-refractivity contribution in [3.8, 4) is 5.75 Å². The molecule has 0 radical (unpaired) electrons. The average molecular weight is 356 g/mol. The summed E-state index contributed by atoms with van der Waals surface area (Å²) in [4.78, 5) is 17.6. The van der Waals surface area contributed by atoms with Crippen molar-refractivity contribution in [2.75, 3.05) is 20.2 Å². The first-order valence-corrected chi connectivity index (χ1v) is 9.72. The van der Waals surface area contributed by atoms with Crippen LogP contribution in [0.4, 0.5) is 0 Å². The fourth-order valence-electron chi connectivity index (χ4n) is 5.31. The maximum Gasteiger partial charge on any atom is 0.303 e. The maximum atomic E-state index is 11.3. The minimum atomic E-state index is -0.688. The Labute approximate surface area is 154 Å². The molecule has 140 valence electrons. The summed E-state index contributed by atoms with van der Waals surface area (Å²) in [5.74, 6) is 0.199. The van der Waals surface area contributed by atoms with Gasteiger partial charge in [-0.15, -0.1) is 0 Å². The van der Waals surface area contributed by atoms with Gasteiger partial charge in [0.15, 0.2) is 0 Å². The highest BCUT2D eigenvalue weighted by atomic mass is 16.5. The van der Waals surface area contributed by atoms with E-state index < -0.39 is 5.97 Å². The highest BCUT2D eigenvalue weighted by Crippen LogP contribution is 2.53. The van der Waals surface area contributed by atoms with E-state index >= 15 is 0 Å². The van der Waals surface area contributed by atoms with Gasteiger partial charge in [0.05, 0.1) is 13.2 Å². The molecule has 1 aromatic heterocycles. The van der Waals surface area contributed by atoms with E-state index in [1.165, 1.54) is 16.6 Å². The van der Waals surface area contributed by atoms with Gasteiger partial charge in [0.25, 0.3) is 0 Å². The number of rotatable bonds is 5. The Morgan fingerprint density at radius 1 is 1.42 bits per heavy atom. The normalized spacial score (nSPS) is 25.7. The number of aromatic amines is 1. The quantitative estimate of drug-likeness (QED) is 0.845. The number of hydrogen-bond acceptors (Lipinski definition) is 3. The fraction of sp³-hybridized carbons (Fsp3) is 0.571. The number of aromatic nitrogens is 1. The molecular weight excluding hydrogens is 328 g/mol.